The Morgan fingerprint density at radius 2 is 1.35 bits per heavy atom. The molecule has 2 amide bonds. The molecule has 0 aliphatic carbocycles. The number of hydrazine groups is 1. The second kappa shape index (κ2) is 4.95. The summed E-state index contributed by atoms with van der Waals surface area (Å²) in [5.41, 5.74) is 5.81. The number of amides is 2. The smallest absolute Gasteiger partial charge is 0.280 e. The van der Waals surface area contributed by atoms with Crippen LogP contribution in [-0.4, -0.2) is 16.8 Å². The molecule has 4 heteroatoms. The van der Waals surface area contributed by atoms with Gasteiger partial charge in [0, 0.05) is 5.39 Å². The Balaban J connectivity index is 1.81. The minimum Gasteiger partial charge on any atom is -0.288 e. The molecule has 0 aromatic heterocycles. The number of carbonyl (C=O) groups is 2. The first-order valence-electron chi connectivity index (χ1n) is 7.39. The van der Waals surface area contributed by atoms with E-state index in [1.807, 2.05) is 55.5 Å². The van der Waals surface area contributed by atoms with Gasteiger partial charge in [-0.25, -0.2) is 0 Å². The van der Waals surface area contributed by atoms with E-state index in [0.717, 1.165) is 21.3 Å². The van der Waals surface area contributed by atoms with Crippen molar-refractivity contribution in [1.29, 1.82) is 0 Å². The molecule has 0 bridgehead atoms. The SMILES string of the molecule is Cc1ccc(NN2C(=O)c3cccc4cccc(c34)C2=O)cc1. The minimum absolute atomic E-state index is 0.333. The molecular weight excluding hydrogens is 288 g/mol. The van der Waals surface area contributed by atoms with E-state index in [4.69, 9.17) is 0 Å². The van der Waals surface area contributed by atoms with Crippen LogP contribution in [0.2, 0.25) is 0 Å². The third-order valence-corrected chi connectivity index (χ3v) is 4.06. The van der Waals surface area contributed by atoms with Gasteiger partial charge in [0.1, 0.15) is 0 Å². The van der Waals surface area contributed by atoms with Crippen molar-refractivity contribution in [2.45, 2.75) is 6.92 Å². The van der Waals surface area contributed by atoms with Crippen LogP contribution >= 0.6 is 0 Å². The Hall–Kier alpha value is -3.14. The fraction of sp³-hybridized carbons (Fsp3) is 0.0526. The Labute approximate surface area is 133 Å². The van der Waals surface area contributed by atoms with E-state index in [0.29, 0.717) is 16.8 Å². The lowest BCUT2D eigenvalue weighted by Gasteiger charge is -2.28. The Kier molecular flexibility index (Phi) is 2.91. The maximum absolute atomic E-state index is 12.7. The molecular formula is C19H14N2O2. The fourth-order valence-corrected chi connectivity index (χ4v) is 2.89. The number of rotatable bonds is 2. The summed E-state index contributed by atoms with van der Waals surface area (Å²) in [6, 6.07) is 18.5. The molecule has 3 aromatic rings. The van der Waals surface area contributed by atoms with E-state index in [1.54, 1.807) is 12.1 Å². The van der Waals surface area contributed by atoms with Crippen LogP contribution in [0.15, 0.2) is 60.7 Å². The number of aryl methyl sites for hydroxylation is 1. The van der Waals surface area contributed by atoms with Crippen LogP contribution in [0.4, 0.5) is 5.69 Å². The molecule has 23 heavy (non-hydrogen) atoms. The number of hydrogen-bond donors (Lipinski definition) is 1. The zero-order valence-electron chi connectivity index (χ0n) is 12.5. The highest BCUT2D eigenvalue weighted by Crippen LogP contribution is 2.30. The first-order chi connectivity index (χ1) is 11.1. The Morgan fingerprint density at radius 1 is 0.783 bits per heavy atom. The van der Waals surface area contributed by atoms with Crippen molar-refractivity contribution in [2.24, 2.45) is 0 Å². The number of benzene rings is 3. The van der Waals surface area contributed by atoms with Gasteiger partial charge in [-0.3, -0.25) is 15.0 Å². The monoisotopic (exact) mass is 302 g/mol. The largest absolute Gasteiger partial charge is 0.288 e. The van der Waals surface area contributed by atoms with Crippen LogP contribution in [0, 0.1) is 6.92 Å². The number of hydrogen-bond acceptors (Lipinski definition) is 3. The molecule has 4 nitrogen and oxygen atoms in total. The van der Waals surface area contributed by atoms with Gasteiger partial charge in [-0.2, -0.15) is 5.01 Å². The molecule has 1 aliphatic rings. The number of carbonyl (C=O) groups excluding carboxylic acids is 2. The third kappa shape index (κ3) is 2.07. The summed E-state index contributed by atoms with van der Waals surface area (Å²) < 4.78 is 0. The fourth-order valence-electron chi connectivity index (χ4n) is 2.89. The van der Waals surface area contributed by atoms with Crippen molar-refractivity contribution in [2.75, 3.05) is 5.43 Å². The summed E-state index contributed by atoms with van der Waals surface area (Å²) in [7, 11) is 0. The predicted octanol–water partition coefficient (Wildman–Crippen LogP) is 3.77. The van der Waals surface area contributed by atoms with Gasteiger partial charge in [0.05, 0.1) is 16.8 Å². The highest BCUT2D eigenvalue weighted by atomic mass is 16.2. The maximum atomic E-state index is 12.7. The van der Waals surface area contributed by atoms with Gasteiger partial charge in [-0.15, -0.1) is 0 Å². The highest BCUT2D eigenvalue weighted by Gasteiger charge is 2.32. The lowest BCUT2D eigenvalue weighted by atomic mass is 9.95. The van der Waals surface area contributed by atoms with Crippen molar-refractivity contribution in [1.82, 2.24) is 5.01 Å². The molecule has 0 radical (unpaired) electrons. The van der Waals surface area contributed by atoms with Crippen molar-refractivity contribution >= 4 is 28.3 Å². The molecule has 1 aliphatic heterocycles. The van der Waals surface area contributed by atoms with E-state index in [-0.39, 0.29) is 11.8 Å². The van der Waals surface area contributed by atoms with Crippen LogP contribution in [0.5, 0.6) is 0 Å². The van der Waals surface area contributed by atoms with Crippen LogP contribution in [0.3, 0.4) is 0 Å². The summed E-state index contributed by atoms with van der Waals surface area (Å²) in [6.45, 7) is 1.98. The normalized spacial score (nSPS) is 13.5. The van der Waals surface area contributed by atoms with E-state index >= 15 is 0 Å². The molecule has 0 saturated heterocycles. The predicted molar refractivity (Wildman–Crippen MR) is 89.2 cm³/mol. The highest BCUT2D eigenvalue weighted by molar-refractivity contribution is 6.25. The zero-order valence-corrected chi connectivity index (χ0v) is 12.5. The van der Waals surface area contributed by atoms with Crippen molar-refractivity contribution < 1.29 is 9.59 Å². The minimum atomic E-state index is -0.333. The van der Waals surface area contributed by atoms with Crippen LogP contribution in [0.1, 0.15) is 26.3 Å². The molecule has 112 valence electrons. The standard InChI is InChI=1S/C19H14N2O2/c1-12-8-10-14(11-9-12)20-21-18(22)15-6-2-4-13-5-3-7-16(17(13)15)19(21)23/h2-11,20H,1H3. The molecule has 1 heterocycles. The molecule has 3 aromatic carbocycles. The summed E-state index contributed by atoms with van der Waals surface area (Å²) in [5.74, 6) is -0.667. The van der Waals surface area contributed by atoms with Gasteiger partial charge >= 0.3 is 0 Å². The van der Waals surface area contributed by atoms with Gasteiger partial charge in [-0.1, -0.05) is 42.0 Å². The third-order valence-electron chi connectivity index (χ3n) is 4.06. The Morgan fingerprint density at radius 3 is 1.91 bits per heavy atom. The van der Waals surface area contributed by atoms with E-state index in [2.05, 4.69) is 5.43 Å². The second-order valence-electron chi connectivity index (χ2n) is 5.63. The van der Waals surface area contributed by atoms with Crippen molar-refractivity contribution in [3.8, 4) is 0 Å². The second-order valence-corrected chi connectivity index (χ2v) is 5.63. The number of nitrogens with zero attached hydrogens (tertiary/aromatic N) is 1. The van der Waals surface area contributed by atoms with Crippen LogP contribution < -0.4 is 5.43 Å². The molecule has 4 rings (SSSR count). The van der Waals surface area contributed by atoms with E-state index < -0.39 is 0 Å². The average Bonchev–Trinajstić information content (AvgIpc) is 2.58. The topological polar surface area (TPSA) is 49.4 Å². The molecule has 0 unspecified atom stereocenters. The lowest BCUT2D eigenvalue weighted by molar-refractivity contribution is 0.0649. The van der Waals surface area contributed by atoms with Gasteiger partial charge < -0.3 is 0 Å². The number of anilines is 1. The van der Waals surface area contributed by atoms with Gasteiger partial charge in [-0.05, 0) is 36.6 Å². The Bertz CT molecular complexity index is 894. The molecule has 0 saturated carbocycles. The van der Waals surface area contributed by atoms with E-state index in [1.165, 1.54) is 0 Å². The van der Waals surface area contributed by atoms with Gasteiger partial charge in [0.2, 0.25) is 0 Å². The summed E-state index contributed by atoms with van der Waals surface area (Å²) in [6.07, 6.45) is 0. The average molecular weight is 302 g/mol. The quantitative estimate of drug-likeness (QED) is 0.733. The molecule has 0 fully saturated rings. The lowest BCUT2D eigenvalue weighted by Crippen LogP contribution is -2.44. The van der Waals surface area contributed by atoms with E-state index in [9.17, 15) is 9.59 Å². The molecule has 0 atom stereocenters. The zero-order chi connectivity index (χ0) is 16.0. The van der Waals surface area contributed by atoms with Gasteiger partial charge in [0.15, 0.2) is 0 Å². The number of nitrogens with one attached hydrogen (secondary N) is 1. The first-order valence-corrected chi connectivity index (χ1v) is 7.39. The molecule has 0 spiro atoms. The first kappa shape index (κ1) is 13.5. The number of imide groups is 1. The molecule has 1 N–H and O–H groups in total. The van der Waals surface area contributed by atoms with Crippen LogP contribution in [0.25, 0.3) is 10.8 Å². The summed E-state index contributed by atoms with van der Waals surface area (Å²) >= 11 is 0. The maximum Gasteiger partial charge on any atom is 0.280 e. The van der Waals surface area contributed by atoms with Crippen LogP contribution in [-0.2, 0) is 0 Å². The summed E-state index contributed by atoms with van der Waals surface area (Å²) in [5, 5.41) is 2.71. The van der Waals surface area contributed by atoms with Crippen molar-refractivity contribution in [3.05, 3.63) is 77.4 Å². The van der Waals surface area contributed by atoms with Crippen molar-refractivity contribution in [3.63, 3.8) is 0 Å². The summed E-state index contributed by atoms with van der Waals surface area (Å²) in [4.78, 5) is 25.5. The van der Waals surface area contributed by atoms with Gasteiger partial charge in [0.25, 0.3) is 11.8 Å².